The van der Waals surface area contributed by atoms with E-state index in [2.05, 4.69) is 26.3 Å². The van der Waals surface area contributed by atoms with Gasteiger partial charge < -0.3 is 20.7 Å². The fourth-order valence-corrected chi connectivity index (χ4v) is 4.21. The molecule has 0 fully saturated rings. The number of thiocarbonyl (C=S) groups is 1. The Morgan fingerprint density at radius 3 is 2.19 bits per heavy atom. The monoisotopic (exact) mass is 662 g/mol. The van der Waals surface area contributed by atoms with Crippen molar-refractivity contribution < 1.29 is 35.9 Å². The van der Waals surface area contributed by atoms with Crippen molar-refractivity contribution in [2.45, 2.75) is 12.4 Å². The van der Waals surface area contributed by atoms with Crippen molar-refractivity contribution in [2.75, 3.05) is 18.4 Å². The number of hydrogen-bond acceptors (Lipinski definition) is 5. The van der Waals surface area contributed by atoms with E-state index in [0.717, 1.165) is 0 Å². The molecule has 0 aliphatic heterocycles. The number of ether oxygens (including phenoxy) is 1. The van der Waals surface area contributed by atoms with Gasteiger partial charge in [0.05, 0.1) is 22.3 Å². The first-order valence-electron chi connectivity index (χ1n) is 12.0. The Morgan fingerprint density at radius 1 is 0.884 bits per heavy atom. The van der Waals surface area contributed by atoms with Gasteiger partial charge in [0, 0.05) is 23.8 Å². The van der Waals surface area contributed by atoms with E-state index in [1.165, 1.54) is 16.9 Å². The van der Waals surface area contributed by atoms with E-state index in [-0.39, 0.29) is 35.0 Å². The maximum absolute atomic E-state index is 13.1. The van der Waals surface area contributed by atoms with Crippen molar-refractivity contribution in [3.63, 3.8) is 0 Å². The molecule has 8 nitrogen and oxygen atoms in total. The van der Waals surface area contributed by atoms with Crippen LogP contribution in [0.5, 0.6) is 11.5 Å². The highest BCUT2D eigenvalue weighted by atomic mass is 35.5. The van der Waals surface area contributed by atoms with Crippen molar-refractivity contribution in [1.82, 2.24) is 25.6 Å². The molecular formula is C26H18Cl2F6N6O2S. The minimum Gasteiger partial charge on any atom is -0.454 e. The highest BCUT2D eigenvalue weighted by Gasteiger charge is 2.37. The summed E-state index contributed by atoms with van der Waals surface area (Å²) in [5, 5.41) is 15.7. The third kappa shape index (κ3) is 8.49. The lowest BCUT2D eigenvalue weighted by Crippen LogP contribution is -2.36. The van der Waals surface area contributed by atoms with Crippen molar-refractivity contribution in [3.8, 4) is 17.2 Å². The Hall–Kier alpha value is -4.08. The molecule has 0 aliphatic rings. The lowest BCUT2D eigenvalue weighted by Gasteiger charge is -2.16. The SMILES string of the molecule is O=C(NCCNC(=S)Nc1cc(C(F)(F)F)cc(C(F)(F)F)c1)c1cn(-c2ccccc2Oc2ccc(Cl)cc2Cl)nn1. The Balaban J connectivity index is 1.33. The van der Waals surface area contributed by atoms with Gasteiger partial charge in [-0.2, -0.15) is 26.3 Å². The van der Waals surface area contributed by atoms with Gasteiger partial charge in [-0.05, 0) is 60.7 Å². The number of halogens is 8. The van der Waals surface area contributed by atoms with Crippen molar-refractivity contribution in [2.24, 2.45) is 0 Å². The van der Waals surface area contributed by atoms with E-state index >= 15 is 0 Å². The zero-order valence-corrected chi connectivity index (χ0v) is 23.7. The standard InChI is InChI=1S/C26H18Cl2F6N6O2S/c27-16-5-6-21(18(28)12-16)42-22-4-2-1-3-20(22)40-13-19(38-39-40)23(41)35-7-8-36-24(43)37-17-10-14(25(29,30)31)9-15(11-17)26(32,33)34/h1-6,9-13H,7-8H2,(H,35,41)(H2,36,37,43). The molecule has 4 rings (SSSR count). The number of nitrogens with one attached hydrogen (secondary N) is 3. The molecule has 0 unspecified atom stereocenters. The molecule has 0 atom stereocenters. The number of carbonyl (C=O) groups excluding carboxylic acids is 1. The summed E-state index contributed by atoms with van der Waals surface area (Å²) < 4.78 is 85.6. The van der Waals surface area contributed by atoms with Gasteiger partial charge >= 0.3 is 12.4 Å². The number of amides is 1. The number of aromatic nitrogens is 3. The summed E-state index contributed by atoms with van der Waals surface area (Å²) in [4.78, 5) is 12.6. The fourth-order valence-electron chi connectivity index (χ4n) is 3.54. The van der Waals surface area contributed by atoms with Gasteiger partial charge in [-0.15, -0.1) is 5.10 Å². The third-order valence-corrected chi connectivity index (χ3v) is 6.27. The number of nitrogens with zero attached hydrogens (tertiary/aromatic N) is 3. The van der Waals surface area contributed by atoms with Crippen LogP contribution >= 0.6 is 35.4 Å². The number of benzene rings is 3. The van der Waals surface area contributed by atoms with Crippen LogP contribution in [0.2, 0.25) is 10.0 Å². The van der Waals surface area contributed by atoms with E-state index < -0.39 is 35.1 Å². The second kappa shape index (κ2) is 13.1. The van der Waals surface area contributed by atoms with Crippen LogP contribution in [0.4, 0.5) is 32.0 Å². The zero-order chi connectivity index (χ0) is 31.4. The normalized spacial score (nSPS) is 11.6. The highest BCUT2D eigenvalue weighted by Crippen LogP contribution is 2.38. The lowest BCUT2D eigenvalue weighted by atomic mass is 10.1. The van der Waals surface area contributed by atoms with E-state index in [1.807, 2.05) is 0 Å². The molecule has 43 heavy (non-hydrogen) atoms. The Bertz CT molecular complexity index is 1610. The molecule has 0 radical (unpaired) electrons. The summed E-state index contributed by atoms with van der Waals surface area (Å²) in [6.07, 6.45) is -8.65. The zero-order valence-electron chi connectivity index (χ0n) is 21.4. The second-order valence-electron chi connectivity index (χ2n) is 8.62. The molecule has 1 amide bonds. The van der Waals surface area contributed by atoms with Crippen LogP contribution in [0.3, 0.4) is 0 Å². The minimum atomic E-state index is -5.00. The first-order chi connectivity index (χ1) is 20.2. The molecular weight excluding hydrogens is 645 g/mol. The van der Waals surface area contributed by atoms with Gasteiger partial charge in [0.15, 0.2) is 16.6 Å². The molecule has 0 bridgehead atoms. The second-order valence-corrected chi connectivity index (χ2v) is 9.88. The van der Waals surface area contributed by atoms with Crippen LogP contribution in [0.25, 0.3) is 5.69 Å². The summed E-state index contributed by atoms with van der Waals surface area (Å²) in [5.74, 6) is 0.0843. The third-order valence-electron chi connectivity index (χ3n) is 5.49. The average molecular weight is 663 g/mol. The number of anilines is 1. The van der Waals surface area contributed by atoms with Gasteiger partial charge in [0.1, 0.15) is 11.4 Å². The van der Waals surface area contributed by atoms with E-state index in [9.17, 15) is 31.1 Å². The lowest BCUT2D eigenvalue weighted by molar-refractivity contribution is -0.143. The largest absolute Gasteiger partial charge is 0.454 e. The number of para-hydroxylation sites is 2. The summed E-state index contributed by atoms with van der Waals surface area (Å²) >= 11 is 17.1. The maximum atomic E-state index is 13.1. The van der Waals surface area contributed by atoms with Crippen LogP contribution in [0, 0.1) is 0 Å². The number of alkyl halides is 6. The van der Waals surface area contributed by atoms with E-state index in [4.69, 9.17) is 40.2 Å². The summed E-state index contributed by atoms with van der Waals surface area (Å²) in [7, 11) is 0. The van der Waals surface area contributed by atoms with Crippen LogP contribution in [-0.4, -0.2) is 39.1 Å². The van der Waals surface area contributed by atoms with Gasteiger partial charge in [0.2, 0.25) is 0 Å². The molecule has 1 heterocycles. The summed E-state index contributed by atoms with van der Waals surface area (Å²) in [6, 6.07) is 12.5. The van der Waals surface area contributed by atoms with E-state index in [0.29, 0.717) is 34.3 Å². The van der Waals surface area contributed by atoms with Gasteiger partial charge in [0.25, 0.3) is 5.91 Å². The Kier molecular flexibility index (Phi) is 9.67. The molecule has 3 aromatic carbocycles. The molecule has 0 saturated heterocycles. The number of hydrogen-bond donors (Lipinski definition) is 3. The van der Waals surface area contributed by atoms with Gasteiger partial charge in [-0.1, -0.05) is 40.5 Å². The van der Waals surface area contributed by atoms with Crippen LogP contribution in [-0.2, 0) is 12.4 Å². The highest BCUT2D eigenvalue weighted by molar-refractivity contribution is 7.80. The topological polar surface area (TPSA) is 93.1 Å². The predicted molar refractivity (Wildman–Crippen MR) is 151 cm³/mol. The predicted octanol–water partition coefficient (Wildman–Crippen LogP) is 7.12. The van der Waals surface area contributed by atoms with Crippen LogP contribution in [0.1, 0.15) is 21.6 Å². The molecule has 0 saturated carbocycles. The fraction of sp³-hybridized carbons (Fsp3) is 0.154. The summed E-state index contributed by atoms with van der Waals surface area (Å²) in [5.41, 5.74) is -3.10. The molecule has 0 aliphatic carbocycles. The molecule has 3 N–H and O–H groups in total. The quantitative estimate of drug-likeness (QED) is 0.105. The van der Waals surface area contributed by atoms with Crippen LogP contribution in [0.15, 0.2) is 66.9 Å². The van der Waals surface area contributed by atoms with Gasteiger partial charge in [-0.25, -0.2) is 4.68 Å². The molecule has 17 heteroatoms. The first kappa shape index (κ1) is 31.8. The van der Waals surface area contributed by atoms with Crippen molar-refractivity contribution >= 4 is 52.1 Å². The maximum Gasteiger partial charge on any atom is 0.416 e. The average Bonchev–Trinajstić information content (AvgIpc) is 3.42. The van der Waals surface area contributed by atoms with Gasteiger partial charge in [-0.3, -0.25) is 4.79 Å². The van der Waals surface area contributed by atoms with Crippen molar-refractivity contribution in [1.29, 1.82) is 0 Å². The Labute approximate surface area is 254 Å². The first-order valence-corrected chi connectivity index (χ1v) is 13.1. The van der Waals surface area contributed by atoms with Crippen molar-refractivity contribution in [3.05, 3.63) is 93.7 Å². The number of rotatable bonds is 8. The minimum absolute atomic E-state index is 0.00818. The molecule has 4 aromatic rings. The molecule has 226 valence electrons. The smallest absolute Gasteiger partial charge is 0.416 e. The van der Waals surface area contributed by atoms with Crippen LogP contribution < -0.4 is 20.7 Å². The Morgan fingerprint density at radius 2 is 1.53 bits per heavy atom. The summed E-state index contributed by atoms with van der Waals surface area (Å²) in [6.45, 7) is -0.0476. The van der Waals surface area contributed by atoms with E-state index in [1.54, 1.807) is 36.4 Å². The molecule has 1 aromatic heterocycles. The number of carbonyl (C=O) groups is 1. The molecule has 0 spiro atoms.